The van der Waals surface area contributed by atoms with Crippen LogP contribution in [0.5, 0.6) is 0 Å². The van der Waals surface area contributed by atoms with Gasteiger partial charge >= 0.3 is 0 Å². The third kappa shape index (κ3) is 6.32. The van der Waals surface area contributed by atoms with Crippen molar-refractivity contribution in [2.45, 2.75) is 0 Å². The van der Waals surface area contributed by atoms with Crippen LogP contribution in [-0.2, 0) is 0 Å². The molecule has 0 heterocycles. The van der Waals surface area contributed by atoms with Gasteiger partial charge in [-0.2, -0.15) is 0 Å². The molecule has 0 aliphatic carbocycles. The minimum absolute atomic E-state index is 1.10. The van der Waals surface area contributed by atoms with Gasteiger partial charge in [0.2, 0.25) is 0 Å². The average Bonchev–Trinajstić information content (AvgIpc) is 3.25. The zero-order chi connectivity index (χ0) is 35.6. The smallest absolute Gasteiger partial charge is 0.0494 e. The van der Waals surface area contributed by atoms with Gasteiger partial charge in [-0.25, -0.2) is 0 Å². The van der Waals surface area contributed by atoms with Crippen LogP contribution in [-0.4, -0.2) is 7.05 Å². The summed E-state index contributed by atoms with van der Waals surface area (Å²) in [5.41, 5.74) is 12.9. The van der Waals surface area contributed by atoms with E-state index in [1.165, 1.54) is 60.6 Å². The summed E-state index contributed by atoms with van der Waals surface area (Å²) in [7, 11) is 2.16. The lowest BCUT2D eigenvalue weighted by molar-refractivity contribution is 1.22. The van der Waals surface area contributed by atoms with Crippen LogP contribution in [0.1, 0.15) is 0 Å². The van der Waals surface area contributed by atoms with Gasteiger partial charge in [-0.1, -0.05) is 158 Å². The van der Waals surface area contributed by atoms with Gasteiger partial charge in [0.15, 0.2) is 0 Å². The van der Waals surface area contributed by atoms with Crippen LogP contribution in [0.15, 0.2) is 212 Å². The lowest BCUT2D eigenvalue weighted by Gasteiger charge is -2.26. The molecule has 0 atom stereocenters. The van der Waals surface area contributed by atoms with Crippen LogP contribution >= 0.6 is 0 Å². The number of hydrogen-bond acceptors (Lipinski definition) is 2. The molecular weight excluding hydrogens is 641 g/mol. The van der Waals surface area contributed by atoms with Gasteiger partial charge in [-0.15, -0.1) is 0 Å². The van der Waals surface area contributed by atoms with Crippen LogP contribution in [0.4, 0.5) is 28.4 Å². The van der Waals surface area contributed by atoms with Crippen molar-refractivity contribution >= 4 is 50.0 Å². The summed E-state index contributed by atoms with van der Waals surface area (Å²) in [6.45, 7) is 0. The minimum Gasteiger partial charge on any atom is -0.344 e. The van der Waals surface area contributed by atoms with Crippen LogP contribution in [0.3, 0.4) is 0 Å². The van der Waals surface area contributed by atoms with Crippen LogP contribution in [0.2, 0.25) is 0 Å². The fraction of sp³-hybridized carbons (Fsp3) is 0.0196. The van der Waals surface area contributed by atoms with Gasteiger partial charge in [0.25, 0.3) is 0 Å². The van der Waals surface area contributed by atoms with Crippen molar-refractivity contribution in [3.05, 3.63) is 212 Å². The average molecular weight is 679 g/mol. The Morgan fingerprint density at radius 1 is 0.283 bits per heavy atom. The van der Waals surface area contributed by atoms with Gasteiger partial charge in [0.1, 0.15) is 0 Å². The van der Waals surface area contributed by atoms with Crippen molar-refractivity contribution in [3.63, 3.8) is 0 Å². The topological polar surface area (TPSA) is 6.48 Å². The van der Waals surface area contributed by atoms with E-state index in [0.29, 0.717) is 0 Å². The molecule has 0 aromatic heterocycles. The molecule has 53 heavy (non-hydrogen) atoms. The summed E-state index contributed by atoms with van der Waals surface area (Å²) in [5.74, 6) is 0. The second kappa shape index (κ2) is 14.0. The summed E-state index contributed by atoms with van der Waals surface area (Å²) < 4.78 is 0. The van der Waals surface area contributed by atoms with Crippen molar-refractivity contribution in [2.24, 2.45) is 0 Å². The van der Waals surface area contributed by atoms with Gasteiger partial charge in [0.05, 0.1) is 0 Å². The highest BCUT2D eigenvalue weighted by molar-refractivity contribution is 6.13. The van der Waals surface area contributed by atoms with Gasteiger partial charge in [0, 0.05) is 40.9 Å². The van der Waals surface area contributed by atoms with Crippen molar-refractivity contribution in [1.82, 2.24) is 0 Å². The van der Waals surface area contributed by atoms with E-state index in [9.17, 15) is 0 Å². The molecule has 0 unspecified atom stereocenters. The quantitative estimate of drug-likeness (QED) is 0.148. The van der Waals surface area contributed by atoms with E-state index in [0.717, 1.165) is 22.7 Å². The summed E-state index contributed by atoms with van der Waals surface area (Å²) >= 11 is 0. The van der Waals surface area contributed by atoms with Crippen molar-refractivity contribution in [1.29, 1.82) is 0 Å². The maximum absolute atomic E-state index is 2.33. The first kappa shape index (κ1) is 32.0. The monoisotopic (exact) mass is 678 g/mol. The van der Waals surface area contributed by atoms with Crippen molar-refractivity contribution in [2.75, 3.05) is 16.8 Å². The molecule has 0 aliphatic heterocycles. The van der Waals surface area contributed by atoms with E-state index in [1.54, 1.807) is 0 Å². The maximum atomic E-state index is 2.33. The molecular formula is C51H38N2. The molecule has 0 bridgehead atoms. The molecule has 9 rings (SSSR count). The Hall–Kier alpha value is -6.90. The number of fused-ring (bicyclic) bond motifs is 3. The Labute approximate surface area is 311 Å². The van der Waals surface area contributed by atoms with Gasteiger partial charge < -0.3 is 9.80 Å². The van der Waals surface area contributed by atoms with Crippen molar-refractivity contribution < 1.29 is 0 Å². The Morgan fingerprint density at radius 3 is 1.08 bits per heavy atom. The van der Waals surface area contributed by atoms with E-state index in [-0.39, 0.29) is 0 Å². The third-order valence-corrected chi connectivity index (χ3v) is 10.3. The van der Waals surface area contributed by atoms with E-state index < -0.39 is 0 Å². The number of hydrogen-bond donors (Lipinski definition) is 0. The van der Waals surface area contributed by atoms with Crippen LogP contribution in [0.25, 0.3) is 54.9 Å². The molecule has 0 radical (unpaired) electrons. The second-order valence-corrected chi connectivity index (χ2v) is 13.5. The molecule has 0 amide bonds. The van der Waals surface area contributed by atoms with E-state index in [2.05, 4.69) is 229 Å². The number of benzene rings is 9. The number of rotatable bonds is 8. The lowest BCUT2D eigenvalue weighted by Crippen LogP contribution is -2.10. The fourth-order valence-corrected chi connectivity index (χ4v) is 7.45. The summed E-state index contributed by atoms with van der Waals surface area (Å²) in [6.07, 6.45) is 0. The molecule has 0 fully saturated rings. The predicted molar refractivity (Wildman–Crippen MR) is 227 cm³/mol. The largest absolute Gasteiger partial charge is 0.344 e. The van der Waals surface area contributed by atoms with E-state index in [1.807, 2.05) is 0 Å². The van der Waals surface area contributed by atoms with Gasteiger partial charge in [-0.3, -0.25) is 0 Å². The summed E-state index contributed by atoms with van der Waals surface area (Å²) in [6, 6.07) is 76.3. The molecule has 2 heteroatoms. The molecule has 9 aromatic carbocycles. The Balaban J connectivity index is 1.02. The van der Waals surface area contributed by atoms with Crippen LogP contribution in [0, 0.1) is 0 Å². The standard InChI is InChI=1S/C51H38N2/c1-52(51-36-43-16-8-9-17-48(43)49-18-10-11-19-50(49)51)44-28-20-41(21-29-44)42-26-34-47(35-27-42)53(45-30-22-39(23-31-45)37-12-4-2-5-13-37)46-32-24-40(25-33-46)38-14-6-3-7-15-38/h2-36H,1H3. The first-order valence-corrected chi connectivity index (χ1v) is 18.2. The number of nitrogens with zero attached hydrogens (tertiary/aromatic N) is 2. The zero-order valence-corrected chi connectivity index (χ0v) is 29.6. The Morgan fingerprint density at radius 2 is 0.623 bits per heavy atom. The summed E-state index contributed by atoms with van der Waals surface area (Å²) in [5, 5.41) is 5.06. The highest BCUT2D eigenvalue weighted by Gasteiger charge is 2.15. The lowest BCUT2D eigenvalue weighted by atomic mass is 9.99. The van der Waals surface area contributed by atoms with E-state index >= 15 is 0 Å². The molecule has 9 aromatic rings. The highest BCUT2D eigenvalue weighted by atomic mass is 15.1. The second-order valence-electron chi connectivity index (χ2n) is 13.5. The van der Waals surface area contributed by atoms with Crippen LogP contribution < -0.4 is 9.80 Å². The Bertz CT molecular complexity index is 2550. The predicted octanol–water partition coefficient (Wildman–Crippen LogP) is 14.2. The molecule has 2 nitrogen and oxygen atoms in total. The first-order valence-electron chi connectivity index (χ1n) is 18.2. The maximum Gasteiger partial charge on any atom is 0.0494 e. The molecule has 0 N–H and O–H groups in total. The van der Waals surface area contributed by atoms with Crippen molar-refractivity contribution in [3.8, 4) is 33.4 Å². The molecule has 0 saturated carbocycles. The highest BCUT2D eigenvalue weighted by Crippen LogP contribution is 2.39. The molecule has 252 valence electrons. The normalized spacial score (nSPS) is 11.1. The zero-order valence-electron chi connectivity index (χ0n) is 29.6. The minimum atomic E-state index is 1.10. The summed E-state index contributed by atoms with van der Waals surface area (Å²) in [4.78, 5) is 4.63. The first-order chi connectivity index (χ1) is 26.2. The SMILES string of the molecule is CN(c1ccc(-c2ccc(N(c3ccc(-c4ccccc4)cc3)c3ccc(-c4ccccc4)cc3)cc2)cc1)c1cc2ccccc2c2ccccc12. The molecule has 0 saturated heterocycles. The van der Waals surface area contributed by atoms with Gasteiger partial charge in [-0.05, 0) is 104 Å². The molecule has 0 aliphatic rings. The third-order valence-electron chi connectivity index (χ3n) is 10.3. The number of anilines is 5. The van der Waals surface area contributed by atoms with E-state index in [4.69, 9.17) is 0 Å². The fourth-order valence-electron chi connectivity index (χ4n) is 7.45. The Kier molecular flexibility index (Phi) is 8.47. The molecule has 0 spiro atoms.